The fourth-order valence-corrected chi connectivity index (χ4v) is 2.65. The second-order valence-corrected chi connectivity index (χ2v) is 5.04. The fourth-order valence-electron chi connectivity index (χ4n) is 2.65. The third-order valence-corrected chi connectivity index (χ3v) is 3.61. The van der Waals surface area contributed by atoms with Gasteiger partial charge >= 0.3 is 6.03 Å². The van der Waals surface area contributed by atoms with Gasteiger partial charge in [0.05, 0.1) is 12.2 Å². The molecule has 1 aromatic carbocycles. The molecule has 1 fully saturated rings. The molecule has 1 saturated carbocycles. The van der Waals surface area contributed by atoms with Crippen LogP contribution in [-0.2, 0) is 0 Å². The summed E-state index contributed by atoms with van der Waals surface area (Å²) in [5.41, 5.74) is 0.775. The number of amides is 2. The average Bonchev–Trinajstić information content (AvgIpc) is 3.10. The Kier molecular flexibility index (Phi) is 3.67. The van der Waals surface area contributed by atoms with Gasteiger partial charge in [0.2, 0.25) is 0 Å². The normalized spacial score (nSPS) is 15.2. The van der Waals surface area contributed by atoms with Crippen molar-refractivity contribution in [2.24, 2.45) is 0 Å². The molecule has 0 aliphatic heterocycles. The molecule has 0 spiro atoms. The van der Waals surface area contributed by atoms with Gasteiger partial charge in [0, 0.05) is 11.8 Å². The Morgan fingerprint density at radius 2 is 1.85 bits per heavy atom. The molecule has 1 aliphatic rings. The van der Waals surface area contributed by atoms with Crippen LogP contribution in [0.5, 0.6) is 0 Å². The van der Waals surface area contributed by atoms with Gasteiger partial charge in [-0.15, -0.1) is 0 Å². The lowest BCUT2D eigenvalue weighted by Crippen LogP contribution is -2.22. The standard InChI is InChI=1S/C15H18N4O/c20-15(17-12-6-2-1-3-7-12)18-14-10-11-16-19(14)13-8-4-5-9-13/h1-3,6-7,10-11,13H,4-5,8-9H2,(H2,17,18,20). The zero-order valence-electron chi connectivity index (χ0n) is 11.2. The predicted octanol–water partition coefficient (Wildman–Crippen LogP) is 3.64. The molecule has 1 heterocycles. The second-order valence-electron chi connectivity index (χ2n) is 5.04. The Labute approximate surface area is 118 Å². The van der Waals surface area contributed by atoms with E-state index in [1.54, 1.807) is 6.20 Å². The Hall–Kier alpha value is -2.30. The number of anilines is 2. The number of rotatable bonds is 3. The van der Waals surface area contributed by atoms with E-state index in [1.807, 2.05) is 41.1 Å². The SMILES string of the molecule is O=C(Nc1ccccc1)Nc1ccnn1C1CCCC1. The van der Waals surface area contributed by atoms with E-state index >= 15 is 0 Å². The number of carbonyl (C=O) groups excluding carboxylic acids is 1. The van der Waals surface area contributed by atoms with Gasteiger partial charge in [-0.1, -0.05) is 31.0 Å². The van der Waals surface area contributed by atoms with Crippen molar-refractivity contribution >= 4 is 17.5 Å². The van der Waals surface area contributed by atoms with Gasteiger partial charge in [0.25, 0.3) is 0 Å². The number of aromatic nitrogens is 2. The number of hydrogen-bond donors (Lipinski definition) is 2. The highest BCUT2D eigenvalue weighted by Crippen LogP contribution is 2.31. The summed E-state index contributed by atoms with van der Waals surface area (Å²) in [6.07, 6.45) is 6.48. The van der Waals surface area contributed by atoms with Crippen LogP contribution in [0.4, 0.5) is 16.3 Å². The predicted molar refractivity (Wildman–Crippen MR) is 78.8 cm³/mol. The number of benzene rings is 1. The number of para-hydroxylation sites is 1. The minimum Gasteiger partial charge on any atom is -0.308 e. The highest BCUT2D eigenvalue weighted by atomic mass is 16.2. The van der Waals surface area contributed by atoms with E-state index in [0.717, 1.165) is 24.3 Å². The van der Waals surface area contributed by atoms with E-state index in [4.69, 9.17) is 0 Å². The van der Waals surface area contributed by atoms with Gasteiger partial charge in [0.1, 0.15) is 5.82 Å². The van der Waals surface area contributed by atoms with Crippen LogP contribution in [0.25, 0.3) is 0 Å². The van der Waals surface area contributed by atoms with Gasteiger partial charge in [-0.05, 0) is 25.0 Å². The van der Waals surface area contributed by atoms with Crippen LogP contribution in [0.3, 0.4) is 0 Å². The van der Waals surface area contributed by atoms with E-state index in [9.17, 15) is 4.79 Å². The van der Waals surface area contributed by atoms with Crippen LogP contribution < -0.4 is 10.6 Å². The van der Waals surface area contributed by atoms with Gasteiger partial charge in [0.15, 0.2) is 0 Å². The number of nitrogens with zero attached hydrogens (tertiary/aromatic N) is 2. The third kappa shape index (κ3) is 2.82. The lowest BCUT2D eigenvalue weighted by molar-refractivity contribution is 0.262. The lowest BCUT2D eigenvalue weighted by Gasteiger charge is -2.15. The maximum atomic E-state index is 12.0. The molecule has 0 unspecified atom stereocenters. The van der Waals surface area contributed by atoms with Crippen LogP contribution >= 0.6 is 0 Å². The highest BCUT2D eigenvalue weighted by Gasteiger charge is 2.20. The molecule has 0 saturated heterocycles. The van der Waals surface area contributed by atoms with Crippen molar-refractivity contribution in [2.45, 2.75) is 31.7 Å². The second kappa shape index (κ2) is 5.77. The summed E-state index contributed by atoms with van der Waals surface area (Å²) < 4.78 is 1.93. The van der Waals surface area contributed by atoms with Crippen LogP contribution in [-0.4, -0.2) is 15.8 Å². The fraction of sp³-hybridized carbons (Fsp3) is 0.333. The first kappa shape index (κ1) is 12.7. The molecule has 1 aromatic heterocycles. The largest absolute Gasteiger partial charge is 0.324 e. The van der Waals surface area contributed by atoms with E-state index < -0.39 is 0 Å². The maximum Gasteiger partial charge on any atom is 0.324 e. The monoisotopic (exact) mass is 270 g/mol. The first-order valence-electron chi connectivity index (χ1n) is 6.99. The molecular formula is C15H18N4O. The first-order valence-corrected chi connectivity index (χ1v) is 6.99. The number of urea groups is 1. The molecule has 0 radical (unpaired) electrons. The molecule has 20 heavy (non-hydrogen) atoms. The van der Waals surface area contributed by atoms with Crippen molar-refractivity contribution in [3.63, 3.8) is 0 Å². The maximum absolute atomic E-state index is 12.0. The molecule has 1 aliphatic carbocycles. The van der Waals surface area contributed by atoms with Crippen LogP contribution in [0.1, 0.15) is 31.7 Å². The van der Waals surface area contributed by atoms with Crippen molar-refractivity contribution in [3.8, 4) is 0 Å². The van der Waals surface area contributed by atoms with Crippen LogP contribution in [0, 0.1) is 0 Å². The van der Waals surface area contributed by atoms with Crippen molar-refractivity contribution in [2.75, 3.05) is 10.6 Å². The molecule has 2 aromatic rings. The smallest absolute Gasteiger partial charge is 0.308 e. The summed E-state index contributed by atoms with van der Waals surface area (Å²) in [6.45, 7) is 0. The van der Waals surface area contributed by atoms with E-state index in [0.29, 0.717) is 6.04 Å². The van der Waals surface area contributed by atoms with Crippen molar-refractivity contribution in [1.82, 2.24) is 9.78 Å². The molecule has 0 atom stereocenters. The topological polar surface area (TPSA) is 59.0 Å². The Balaban J connectivity index is 1.66. The van der Waals surface area contributed by atoms with Gasteiger partial charge in [-0.25, -0.2) is 9.48 Å². The summed E-state index contributed by atoms with van der Waals surface area (Å²) in [5, 5.41) is 10.0. The van der Waals surface area contributed by atoms with Gasteiger partial charge in [-0.3, -0.25) is 5.32 Å². The lowest BCUT2D eigenvalue weighted by atomic mass is 10.2. The molecule has 2 N–H and O–H groups in total. The summed E-state index contributed by atoms with van der Waals surface area (Å²) in [5.74, 6) is 0.755. The van der Waals surface area contributed by atoms with Crippen LogP contribution in [0.15, 0.2) is 42.6 Å². The quantitative estimate of drug-likeness (QED) is 0.894. The van der Waals surface area contributed by atoms with E-state index in [-0.39, 0.29) is 6.03 Å². The van der Waals surface area contributed by atoms with Gasteiger partial charge < -0.3 is 5.32 Å². The Morgan fingerprint density at radius 3 is 2.60 bits per heavy atom. The minimum atomic E-state index is -0.240. The molecule has 3 rings (SSSR count). The van der Waals surface area contributed by atoms with Crippen molar-refractivity contribution < 1.29 is 4.79 Å². The van der Waals surface area contributed by atoms with Crippen LogP contribution in [0.2, 0.25) is 0 Å². The number of carbonyl (C=O) groups is 1. The zero-order chi connectivity index (χ0) is 13.8. The molecular weight excluding hydrogens is 252 g/mol. The Morgan fingerprint density at radius 1 is 1.10 bits per heavy atom. The van der Waals surface area contributed by atoms with E-state index in [2.05, 4.69) is 15.7 Å². The number of hydrogen-bond acceptors (Lipinski definition) is 2. The Bertz CT molecular complexity index is 573. The zero-order valence-corrected chi connectivity index (χ0v) is 11.2. The molecule has 2 amide bonds. The third-order valence-electron chi connectivity index (χ3n) is 3.61. The van der Waals surface area contributed by atoms with Crippen molar-refractivity contribution in [1.29, 1.82) is 0 Å². The van der Waals surface area contributed by atoms with Gasteiger partial charge in [-0.2, -0.15) is 5.10 Å². The minimum absolute atomic E-state index is 0.240. The molecule has 5 heteroatoms. The highest BCUT2D eigenvalue weighted by molar-refractivity contribution is 5.99. The summed E-state index contributed by atoms with van der Waals surface area (Å²) >= 11 is 0. The summed E-state index contributed by atoms with van der Waals surface area (Å²) in [6, 6.07) is 11.4. The molecule has 5 nitrogen and oxygen atoms in total. The van der Waals surface area contributed by atoms with E-state index in [1.165, 1.54) is 12.8 Å². The molecule has 0 bridgehead atoms. The summed E-state index contributed by atoms with van der Waals surface area (Å²) in [4.78, 5) is 12.0. The first-order chi connectivity index (χ1) is 9.83. The summed E-state index contributed by atoms with van der Waals surface area (Å²) in [7, 11) is 0. The average molecular weight is 270 g/mol. The van der Waals surface area contributed by atoms with Crippen molar-refractivity contribution in [3.05, 3.63) is 42.6 Å². The molecule has 104 valence electrons. The number of nitrogens with one attached hydrogen (secondary N) is 2.